The molecule has 0 fully saturated rings. The van der Waals surface area contributed by atoms with Crippen molar-refractivity contribution >= 4 is 44.3 Å². The van der Waals surface area contributed by atoms with E-state index in [-0.39, 0.29) is 6.04 Å². The standard InChI is InChI=1S/C45H36N2/c1-2-3-4-5-13-32-46(44-30-24-35-14-9-11-16-39(35)33-44)41-26-20-37(21-27-41)38-22-28-43(29-23-38)47(42-18-7-6-8-19-42)45-31-25-36-15-10-12-17-40(36)34-45/h1,3-18,20-31,33-34,42H,19,32H2/b4-3-,13-5-. The molecule has 0 saturated heterocycles. The van der Waals surface area contributed by atoms with Crippen LogP contribution in [0, 0.1) is 12.3 Å². The van der Waals surface area contributed by atoms with Crippen molar-refractivity contribution in [3.63, 3.8) is 0 Å². The smallest absolute Gasteiger partial charge is 0.0559 e. The number of nitrogens with zero attached hydrogens (tertiary/aromatic N) is 2. The molecule has 1 aliphatic rings. The summed E-state index contributed by atoms with van der Waals surface area (Å²) >= 11 is 0. The van der Waals surface area contributed by atoms with Crippen LogP contribution in [0.4, 0.5) is 22.7 Å². The normalized spacial score (nSPS) is 14.2. The van der Waals surface area contributed by atoms with Gasteiger partial charge in [-0.25, -0.2) is 0 Å². The third-order valence-corrected chi connectivity index (χ3v) is 8.73. The molecule has 1 aliphatic carbocycles. The maximum atomic E-state index is 5.38. The van der Waals surface area contributed by atoms with Crippen LogP contribution in [0.15, 0.2) is 182 Å². The molecule has 1 atom stereocenters. The largest absolute Gasteiger partial charge is 0.338 e. The van der Waals surface area contributed by atoms with Crippen LogP contribution in [0.5, 0.6) is 0 Å². The van der Waals surface area contributed by atoms with Crippen LogP contribution in [0.3, 0.4) is 0 Å². The zero-order valence-electron chi connectivity index (χ0n) is 26.3. The Kier molecular flexibility index (Phi) is 8.80. The number of benzene rings is 6. The molecule has 6 aromatic rings. The Morgan fingerprint density at radius 3 is 1.79 bits per heavy atom. The minimum Gasteiger partial charge on any atom is -0.338 e. The van der Waals surface area contributed by atoms with Gasteiger partial charge < -0.3 is 9.80 Å². The topological polar surface area (TPSA) is 6.48 Å². The van der Waals surface area contributed by atoms with Gasteiger partial charge in [0.15, 0.2) is 0 Å². The van der Waals surface area contributed by atoms with Crippen LogP contribution in [-0.2, 0) is 0 Å². The van der Waals surface area contributed by atoms with Crippen molar-refractivity contribution < 1.29 is 0 Å². The van der Waals surface area contributed by atoms with Crippen molar-refractivity contribution in [2.24, 2.45) is 0 Å². The molecular weight excluding hydrogens is 569 g/mol. The van der Waals surface area contributed by atoms with Gasteiger partial charge in [-0.1, -0.05) is 133 Å². The Morgan fingerprint density at radius 1 is 0.596 bits per heavy atom. The van der Waals surface area contributed by atoms with E-state index in [1.807, 2.05) is 12.2 Å². The predicted molar refractivity (Wildman–Crippen MR) is 203 cm³/mol. The molecule has 0 aliphatic heterocycles. The van der Waals surface area contributed by atoms with E-state index in [9.17, 15) is 0 Å². The zero-order chi connectivity index (χ0) is 31.8. The molecule has 0 heterocycles. The van der Waals surface area contributed by atoms with Crippen molar-refractivity contribution in [3.05, 3.63) is 182 Å². The second-order valence-corrected chi connectivity index (χ2v) is 11.7. The highest BCUT2D eigenvalue weighted by Crippen LogP contribution is 2.35. The zero-order valence-corrected chi connectivity index (χ0v) is 26.3. The Balaban J connectivity index is 1.17. The Bertz CT molecular complexity index is 2160. The summed E-state index contributed by atoms with van der Waals surface area (Å²) in [4.78, 5) is 4.78. The molecule has 0 spiro atoms. The lowest BCUT2D eigenvalue weighted by atomic mass is 10.0. The highest BCUT2D eigenvalue weighted by atomic mass is 15.2. The quantitative estimate of drug-likeness (QED) is 0.120. The average Bonchev–Trinajstić information content (AvgIpc) is 3.14. The number of hydrogen-bond acceptors (Lipinski definition) is 2. The lowest BCUT2D eigenvalue weighted by Crippen LogP contribution is -2.29. The number of fused-ring (bicyclic) bond motifs is 2. The summed E-state index contributed by atoms with van der Waals surface area (Å²) in [5.74, 6) is 2.55. The summed E-state index contributed by atoms with van der Waals surface area (Å²) in [6.45, 7) is 0.719. The lowest BCUT2D eigenvalue weighted by molar-refractivity contribution is 0.785. The Labute approximate surface area is 277 Å². The van der Waals surface area contributed by atoms with Crippen molar-refractivity contribution in [1.29, 1.82) is 0 Å². The molecule has 1 unspecified atom stereocenters. The van der Waals surface area contributed by atoms with Gasteiger partial charge in [0.25, 0.3) is 0 Å². The van der Waals surface area contributed by atoms with Crippen LogP contribution >= 0.6 is 0 Å². The number of terminal acetylenes is 1. The monoisotopic (exact) mass is 604 g/mol. The van der Waals surface area contributed by atoms with Gasteiger partial charge in [-0.05, 0) is 93.7 Å². The molecule has 0 aromatic heterocycles. The molecule has 226 valence electrons. The van der Waals surface area contributed by atoms with Gasteiger partial charge in [0, 0.05) is 29.3 Å². The molecule has 0 bridgehead atoms. The molecule has 6 aromatic carbocycles. The molecule has 2 nitrogen and oxygen atoms in total. The summed E-state index contributed by atoms with van der Waals surface area (Å²) in [6.07, 6.45) is 22.9. The summed E-state index contributed by atoms with van der Waals surface area (Å²) in [5.41, 5.74) is 7.03. The third kappa shape index (κ3) is 6.66. The minimum atomic E-state index is 0.253. The number of anilines is 4. The maximum absolute atomic E-state index is 5.38. The molecule has 0 saturated carbocycles. The van der Waals surface area contributed by atoms with Gasteiger partial charge in [-0.15, -0.1) is 6.42 Å². The van der Waals surface area contributed by atoms with Gasteiger partial charge in [-0.2, -0.15) is 0 Å². The van der Waals surface area contributed by atoms with Crippen molar-refractivity contribution in [1.82, 2.24) is 0 Å². The maximum Gasteiger partial charge on any atom is 0.0559 e. The summed E-state index contributed by atoms with van der Waals surface area (Å²) < 4.78 is 0. The summed E-state index contributed by atoms with van der Waals surface area (Å²) in [5, 5.41) is 4.96. The molecule has 2 heteroatoms. The minimum absolute atomic E-state index is 0.253. The van der Waals surface area contributed by atoms with Gasteiger partial charge >= 0.3 is 0 Å². The van der Waals surface area contributed by atoms with Gasteiger partial charge in [0.05, 0.1) is 6.04 Å². The van der Waals surface area contributed by atoms with E-state index in [4.69, 9.17) is 6.42 Å². The Hall–Kier alpha value is -6.04. The fourth-order valence-electron chi connectivity index (χ4n) is 6.33. The van der Waals surface area contributed by atoms with Crippen LogP contribution in [0.2, 0.25) is 0 Å². The van der Waals surface area contributed by atoms with Crippen LogP contribution < -0.4 is 9.80 Å². The first kappa shape index (κ1) is 29.7. The van der Waals surface area contributed by atoms with Crippen LogP contribution in [0.1, 0.15) is 6.42 Å². The first-order valence-electron chi connectivity index (χ1n) is 16.1. The molecular formula is C45H36N2. The van der Waals surface area contributed by atoms with Gasteiger partial charge in [0.1, 0.15) is 0 Å². The summed E-state index contributed by atoms with van der Waals surface area (Å²) in [6, 6.07) is 48.5. The fourth-order valence-corrected chi connectivity index (χ4v) is 6.33. The second-order valence-electron chi connectivity index (χ2n) is 11.7. The first-order valence-corrected chi connectivity index (χ1v) is 16.1. The number of allylic oxidation sites excluding steroid dienone is 5. The van der Waals surface area contributed by atoms with E-state index in [0.29, 0.717) is 0 Å². The SMILES string of the molecule is C#C/C=C\C=C/CN(c1ccc(-c2ccc(N(c3ccc4ccccc4c3)C3C=CC=CC3)cc2)cc1)c1ccc2ccccc2c1. The molecule has 7 rings (SSSR count). The molecule has 0 N–H and O–H groups in total. The lowest BCUT2D eigenvalue weighted by Gasteiger charge is -2.33. The van der Waals surface area contributed by atoms with E-state index in [1.165, 1.54) is 44.0 Å². The van der Waals surface area contributed by atoms with Crippen molar-refractivity contribution in [2.75, 3.05) is 16.3 Å². The van der Waals surface area contributed by atoms with Gasteiger partial charge in [-0.3, -0.25) is 0 Å². The molecule has 47 heavy (non-hydrogen) atoms. The van der Waals surface area contributed by atoms with E-state index < -0.39 is 0 Å². The first-order chi connectivity index (χ1) is 23.3. The number of rotatable bonds is 9. The molecule has 0 radical (unpaired) electrons. The van der Waals surface area contributed by atoms with E-state index in [2.05, 4.69) is 180 Å². The third-order valence-electron chi connectivity index (χ3n) is 8.73. The van der Waals surface area contributed by atoms with E-state index >= 15 is 0 Å². The summed E-state index contributed by atoms with van der Waals surface area (Å²) in [7, 11) is 0. The van der Waals surface area contributed by atoms with Crippen LogP contribution in [-0.4, -0.2) is 12.6 Å². The van der Waals surface area contributed by atoms with E-state index in [0.717, 1.165) is 24.3 Å². The molecule has 0 amide bonds. The van der Waals surface area contributed by atoms with E-state index in [1.54, 1.807) is 6.08 Å². The van der Waals surface area contributed by atoms with Crippen molar-refractivity contribution in [3.8, 4) is 23.5 Å². The van der Waals surface area contributed by atoms with Gasteiger partial charge in [0.2, 0.25) is 0 Å². The average molecular weight is 605 g/mol. The number of hydrogen-bond donors (Lipinski definition) is 0. The highest BCUT2D eigenvalue weighted by Gasteiger charge is 2.19. The Morgan fingerprint density at radius 2 is 1.17 bits per heavy atom. The highest BCUT2D eigenvalue weighted by molar-refractivity contribution is 5.88. The van der Waals surface area contributed by atoms with Crippen LogP contribution in [0.25, 0.3) is 32.7 Å². The van der Waals surface area contributed by atoms with Crippen molar-refractivity contribution in [2.45, 2.75) is 12.5 Å². The fraction of sp³-hybridized carbons (Fsp3) is 0.0667. The predicted octanol–water partition coefficient (Wildman–Crippen LogP) is 11.6. The second kappa shape index (κ2) is 13.9.